The van der Waals surface area contributed by atoms with Crippen molar-refractivity contribution in [3.05, 3.63) is 26.7 Å². The zero-order valence-electron chi connectivity index (χ0n) is 12.7. The monoisotopic (exact) mass is 310 g/mol. The van der Waals surface area contributed by atoms with Crippen LogP contribution < -0.4 is 5.32 Å². The highest BCUT2D eigenvalue weighted by Crippen LogP contribution is 2.32. The maximum absolute atomic E-state index is 4.58. The summed E-state index contributed by atoms with van der Waals surface area (Å²) in [4.78, 5) is 5.82. The van der Waals surface area contributed by atoms with Crippen LogP contribution >= 0.6 is 22.9 Å². The highest BCUT2D eigenvalue weighted by Gasteiger charge is 2.27. The van der Waals surface area contributed by atoms with Gasteiger partial charge in [-0.1, -0.05) is 32.2 Å². The number of nitrogens with one attached hydrogen (secondary N) is 1. The molecule has 0 bridgehead atoms. The van der Waals surface area contributed by atoms with Crippen LogP contribution in [0, 0.1) is 6.92 Å². The van der Waals surface area contributed by atoms with E-state index >= 15 is 0 Å². The van der Waals surface area contributed by atoms with E-state index < -0.39 is 0 Å². The van der Waals surface area contributed by atoms with Crippen molar-refractivity contribution in [3.8, 4) is 0 Å². The molecule has 0 fully saturated rings. The Morgan fingerprint density at radius 2 is 2.10 bits per heavy atom. The van der Waals surface area contributed by atoms with E-state index in [0.717, 1.165) is 29.4 Å². The summed E-state index contributed by atoms with van der Waals surface area (Å²) in [7, 11) is 0. The van der Waals surface area contributed by atoms with E-state index in [-0.39, 0.29) is 11.5 Å². The number of hydrogen-bond donors (Lipinski definition) is 1. The fraction of sp³-hybridized carbons (Fsp3) is 0.643. The first-order valence-corrected chi connectivity index (χ1v) is 8.54. The Morgan fingerprint density at radius 1 is 1.35 bits per heavy atom. The van der Waals surface area contributed by atoms with Gasteiger partial charge in [-0.05, 0) is 25.0 Å². The van der Waals surface area contributed by atoms with Gasteiger partial charge in [0, 0.05) is 17.2 Å². The summed E-state index contributed by atoms with van der Waals surface area (Å²) in [6.07, 6.45) is 0.894. The van der Waals surface area contributed by atoms with Gasteiger partial charge in [0.1, 0.15) is 0 Å². The van der Waals surface area contributed by atoms with E-state index in [9.17, 15) is 0 Å². The van der Waals surface area contributed by atoms with Crippen molar-refractivity contribution >= 4 is 22.9 Å². The molecule has 6 heteroatoms. The van der Waals surface area contributed by atoms with Crippen molar-refractivity contribution in [3.63, 3.8) is 0 Å². The Kier molecular flexibility index (Phi) is 4.88. The standard InChI is InChI=1S/C14H22N4S2/c1-6-15-11(7-10-8-19-9(2)16-10)12-13(14(3,4)5)17-18-20-12/h8,11,15H,6-7H2,1-5H3. The van der Waals surface area contributed by atoms with Crippen LogP contribution in [-0.4, -0.2) is 21.1 Å². The van der Waals surface area contributed by atoms with Gasteiger partial charge in [0.25, 0.3) is 0 Å². The van der Waals surface area contributed by atoms with Crippen LogP contribution in [0.4, 0.5) is 0 Å². The largest absolute Gasteiger partial charge is 0.309 e. The van der Waals surface area contributed by atoms with Crippen molar-refractivity contribution in [1.29, 1.82) is 0 Å². The summed E-state index contributed by atoms with van der Waals surface area (Å²) >= 11 is 3.21. The molecule has 0 saturated carbocycles. The van der Waals surface area contributed by atoms with E-state index in [0.29, 0.717) is 0 Å². The number of nitrogens with zero attached hydrogens (tertiary/aromatic N) is 3. The van der Waals surface area contributed by atoms with Gasteiger partial charge in [-0.2, -0.15) is 0 Å². The summed E-state index contributed by atoms with van der Waals surface area (Å²) in [5, 5.41) is 11.2. The predicted molar refractivity (Wildman–Crippen MR) is 85.6 cm³/mol. The molecule has 110 valence electrons. The zero-order chi connectivity index (χ0) is 14.8. The molecule has 2 aromatic heterocycles. The lowest BCUT2D eigenvalue weighted by molar-refractivity contribution is 0.512. The van der Waals surface area contributed by atoms with Gasteiger partial charge < -0.3 is 5.32 Å². The molecule has 0 aliphatic heterocycles. The molecule has 0 aliphatic rings. The number of likely N-dealkylation sites (N-methyl/N-ethyl adjacent to an activating group) is 1. The molecule has 0 aromatic carbocycles. The third-order valence-electron chi connectivity index (χ3n) is 3.07. The van der Waals surface area contributed by atoms with E-state index in [1.807, 2.05) is 6.92 Å². The average Bonchev–Trinajstić information content (AvgIpc) is 2.96. The zero-order valence-corrected chi connectivity index (χ0v) is 14.4. The molecule has 20 heavy (non-hydrogen) atoms. The summed E-state index contributed by atoms with van der Waals surface area (Å²) in [5.41, 5.74) is 2.26. The van der Waals surface area contributed by atoms with Crippen LogP contribution in [0.15, 0.2) is 5.38 Å². The van der Waals surface area contributed by atoms with Crippen molar-refractivity contribution in [2.75, 3.05) is 6.54 Å². The summed E-state index contributed by atoms with van der Waals surface area (Å²) in [6.45, 7) is 11.7. The Labute approximate surface area is 128 Å². The van der Waals surface area contributed by atoms with Gasteiger partial charge in [-0.15, -0.1) is 16.4 Å². The second-order valence-corrected chi connectivity index (χ2v) is 7.76. The lowest BCUT2D eigenvalue weighted by Crippen LogP contribution is -2.26. The lowest BCUT2D eigenvalue weighted by atomic mass is 9.89. The van der Waals surface area contributed by atoms with Crippen molar-refractivity contribution in [2.24, 2.45) is 0 Å². The van der Waals surface area contributed by atoms with E-state index in [1.54, 1.807) is 11.3 Å². The minimum atomic E-state index is 0.0218. The van der Waals surface area contributed by atoms with Crippen molar-refractivity contribution in [1.82, 2.24) is 19.9 Å². The molecule has 0 radical (unpaired) electrons. The molecule has 0 saturated heterocycles. The van der Waals surface area contributed by atoms with Crippen LogP contribution in [0.1, 0.15) is 55.0 Å². The third-order valence-corrected chi connectivity index (χ3v) is 4.73. The van der Waals surface area contributed by atoms with Crippen LogP contribution in [0.3, 0.4) is 0 Å². The number of aromatic nitrogens is 3. The van der Waals surface area contributed by atoms with Gasteiger partial charge in [-0.25, -0.2) is 4.98 Å². The average molecular weight is 310 g/mol. The Balaban J connectivity index is 2.27. The van der Waals surface area contributed by atoms with Crippen molar-refractivity contribution < 1.29 is 0 Å². The van der Waals surface area contributed by atoms with E-state index in [1.165, 1.54) is 16.4 Å². The SMILES string of the molecule is CCNC(Cc1csc(C)n1)c1snnc1C(C)(C)C. The Bertz CT molecular complexity index is 554. The normalized spacial score (nSPS) is 13.7. The van der Waals surface area contributed by atoms with Gasteiger partial charge in [0.15, 0.2) is 0 Å². The van der Waals surface area contributed by atoms with Crippen LogP contribution in [0.2, 0.25) is 0 Å². The highest BCUT2D eigenvalue weighted by atomic mass is 32.1. The molecule has 1 atom stereocenters. The fourth-order valence-electron chi connectivity index (χ4n) is 2.16. The molecule has 2 aromatic rings. The lowest BCUT2D eigenvalue weighted by Gasteiger charge is -2.22. The van der Waals surface area contributed by atoms with Gasteiger partial charge in [0.05, 0.1) is 27.3 Å². The topological polar surface area (TPSA) is 50.7 Å². The van der Waals surface area contributed by atoms with Crippen LogP contribution in [-0.2, 0) is 11.8 Å². The number of aryl methyl sites for hydroxylation is 1. The molecular weight excluding hydrogens is 288 g/mol. The molecular formula is C14H22N4S2. The maximum atomic E-state index is 4.58. The van der Waals surface area contributed by atoms with Gasteiger partial charge >= 0.3 is 0 Å². The Hall–Kier alpha value is -0.850. The van der Waals surface area contributed by atoms with Gasteiger partial charge in [0.2, 0.25) is 0 Å². The highest BCUT2D eigenvalue weighted by molar-refractivity contribution is 7.09. The molecule has 2 rings (SSSR count). The van der Waals surface area contributed by atoms with E-state index in [2.05, 4.69) is 53.0 Å². The molecule has 0 spiro atoms. The third kappa shape index (κ3) is 3.62. The first-order chi connectivity index (χ1) is 9.41. The molecule has 4 nitrogen and oxygen atoms in total. The van der Waals surface area contributed by atoms with Crippen LogP contribution in [0.5, 0.6) is 0 Å². The van der Waals surface area contributed by atoms with Crippen molar-refractivity contribution in [2.45, 2.75) is 52.5 Å². The number of rotatable bonds is 5. The molecule has 2 heterocycles. The number of hydrogen-bond acceptors (Lipinski definition) is 6. The Morgan fingerprint density at radius 3 is 2.65 bits per heavy atom. The molecule has 1 unspecified atom stereocenters. The fourth-order valence-corrected chi connectivity index (χ4v) is 3.72. The first-order valence-electron chi connectivity index (χ1n) is 6.89. The minimum absolute atomic E-state index is 0.0218. The minimum Gasteiger partial charge on any atom is -0.309 e. The summed E-state index contributed by atoms with van der Waals surface area (Å²) < 4.78 is 4.17. The van der Waals surface area contributed by atoms with E-state index in [4.69, 9.17) is 0 Å². The van der Waals surface area contributed by atoms with Gasteiger partial charge in [-0.3, -0.25) is 0 Å². The second kappa shape index (κ2) is 6.28. The smallest absolute Gasteiger partial charge is 0.0897 e. The van der Waals surface area contributed by atoms with Crippen LogP contribution in [0.25, 0.3) is 0 Å². The molecule has 0 amide bonds. The summed E-state index contributed by atoms with van der Waals surface area (Å²) in [5.74, 6) is 0. The summed E-state index contributed by atoms with van der Waals surface area (Å²) in [6, 6.07) is 0.246. The second-order valence-electron chi connectivity index (χ2n) is 5.91. The first kappa shape index (κ1) is 15.5. The molecule has 0 aliphatic carbocycles. The maximum Gasteiger partial charge on any atom is 0.0897 e. The predicted octanol–water partition coefficient (Wildman–Crippen LogP) is 3.49. The molecule has 1 N–H and O–H groups in total. The quantitative estimate of drug-likeness (QED) is 0.918. The number of thiazole rings is 1.